The van der Waals surface area contributed by atoms with Crippen molar-refractivity contribution in [2.24, 2.45) is 0 Å². The Bertz CT molecular complexity index is 386. The molecule has 2 heterocycles. The van der Waals surface area contributed by atoms with Crippen LogP contribution in [0.1, 0.15) is 31.2 Å². The van der Waals surface area contributed by atoms with Gasteiger partial charge < -0.3 is 9.64 Å². The number of hydrogen-bond donors (Lipinski definition) is 0. The monoisotopic (exact) mass is 231 g/mol. The first-order valence-corrected chi connectivity index (χ1v) is 6.74. The molecule has 0 unspecified atom stereocenters. The number of benzene rings is 1. The van der Waals surface area contributed by atoms with Crippen LogP contribution in [-0.4, -0.2) is 25.3 Å². The van der Waals surface area contributed by atoms with Crippen LogP contribution in [0.2, 0.25) is 0 Å². The molecule has 2 aliphatic heterocycles. The molecular formula is C15H21NO. The van der Waals surface area contributed by atoms with Crippen LogP contribution >= 0.6 is 0 Å². The van der Waals surface area contributed by atoms with E-state index >= 15 is 0 Å². The van der Waals surface area contributed by atoms with E-state index in [0.29, 0.717) is 0 Å². The van der Waals surface area contributed by atoms with Crippen LogP contribution in [0, 0.1) is 6.92 Å². The summed E-state index contributed by atoms with van der Waals surface area (Å²) in [5.74, 6) is 0. The van der Waals surface area contributed by atoms with Crippen molar-refractivity contribution in [3.8, 4) is 0 Å². The molecule has 2 saturated heterocycles. The molecule has 0 aromatic heterocycles. The summed E-state index contributed by atoms with van der Waals surface area (Å²) in [4.78, 5) is 2.52. The van der Waals surface area contributed by atoms with Crippen molar-refractivity contribution in [1.82, 2.24) is 0 Å². The highest BCUT2D eigenvalue weighted by molar-refractivity contribution is 5.53. The summed E-state index contributed by atoms with van der Waals surface area (Å²) in [5, 5.41) is 0. The highest BCUT2D eigenvalue weighted by Gasteiger charge is 2.38. The maximum absolute atomic E-state index is 5.97. The van der Waals surface area contributed by atoms with E-state index in [9.17, 15) is 0 Å². The lowest BCUT2D eigenvalue weighted by molar-refractivity contribution is -0.0146. The molecule has 1 aromatic carbocycles. The molecule has 17 heavy (non-hydrogen) atoms. The molecule has 3 rings (SSSR count). The van der Waals surface area contributed by atoms with Gasteiger partial charge in [0.25, 0.3) is 0 Å². The summed E-state index contributed by atoms with van der Waals surface area (Å²) in [6.07, 6.45) is 4.92. The van der Waals surface area contributed by atoms with Crippen LogP contribution in [0.3, 0.4) is 0 Å². The zero-order valence-corrected chi connectivity index (χ0v) is 10.6. The maximum atomic E-state index is 5.97. The largest absolute Gasteiger partial charge is 0.375 e. The Morgan fingerprint density at radius 3 is 2.53 bits per heavy atom. The highest BCUT2D eigenvalue weighted by atomic mass is 16.5. The molecule has 0 radical (unpaired) electrons. The Hall–Kier alpha value is -1.02. The zero-order chi connectivity index (χ0) is 11.7. The number of anilines is 1. The van der Waals surface area contributed by atoms with Gasteiger partial charge in [0.15, 0.2) is 0 Å². The van der Waals surface area contributed by atoms with Crippen LogP contribution in [0.15, 0.2) is 24.3 Å². The lowest BCUT2D eigenvalue weighted by Crippen LogP contribution is -2.44. The van der Waals surface area contributed by atoms with Crippen molar-refractivity contribution in [1.29, 1.82) is 0 Å². The summed E-state index contributed by atoms with van der Waals surface area (Å²) >= 11 is 0. The predicted octanol–water partition coefficient (Wildman–Crippen LogP) is 3.14. The first-order chi connectivity index (χ1) is 8.29. The minimum absolute atomic E-state index is 0.235. The van der Waals surface area contributed by atoms with Crippen LogP contribution in [0.4, 0.5) is 5.69 Å². The molecule has 0 bridgehead atoms. The summed E-state index contributed by atoms with van der Waals surface area (Å²) in [5.41, 5.74) is 3.02. The highest BCUT2D eigenvalue weighted by Crippen LogP contribution is 2.37. The van der Waals surface area contributed by atoms with Gasteiger partial charge in [-0.2, -0.15) is 0 Å². The third kappa shape index (κ3) is 2.06. The quantitative estimate of drug-likeness (QED) is 0.736. The van der Waals surface area contributed by atoms with Gasteiger partial charge in [-0.3, -0.25) is 0 Å². The van der Waals surface area contributed by atoms with Crippen molar-refractivity contribution < 1.29 is 4.74 Å². The van der Waals surface area contributed by atoms with Crippen molar-refractivity contribution in [2.75, 3.05) is 24.6 Å². The van der Waals surface area contributed by atoms with E-state index in [0.717, 1.165) is 19.7 Å². The first kappa shape index (κ1) is 11.1. The second-order valence-electron chi connectivity index (χ2n) is 5.41. The molecule has 2 fully saturated rings. The number of aryl methyl sites for hydroxylation is 1. The summed E-state index contributed by atoms with van der Waals surface area (Å²) in [6, 6.07) is 8.69. The smallest absolute Gasteiger partial charge is 0.0717 e. The van der Waals surface area contributed by atoms with E-state index in [1.165, 1.54) is 36.9 Å². The van der Waals surface area contributed by atoms with E-state index in [1.54, 1.807) is 0 Å². The average molecular weight is 231 g/mol. The van der Waals surface area contributed by atoms with Crippen LogP contribution in [0.5, 0.6) is 0 Å². The molecular weight excluding hydrogens is 210 g/mol. The lowest BCUT2D eigenvalue weighted by Gasteiger charge is -2.40. The van der Waals surface area contributed by atoms with Gasteiger partial charge in [-0.25, -0.2) is 0 Å². The van der Waals surface area contributed by atoms with E-state index in [4.69, 9.17) is 4.74 Å². The van der Waals surface area contributed by atoms with Crippen molar-refractivity contribution in [3.63, 3.8) is 0 Å². The molecule has 0 atom stereocenters. The second kappa shape index (κ2) is 4.34. The van der Waals surface area contributed by atoms with Gasteiger partial charge in [0.1, 0.15) is 0 Å². The van der Waals surface area contributed by atoms with Gasteiger partial charge in [0.05, 0.1) is 5.60 Å². The number of nitrogens with zero attached hydrogens (tertiary/aromatic N) is 1. The Labute approximate surface area is 104 Å². The third-order valence-electron chi connectivity index (χ3n) is 4.32. The molecule has 1 aromatic rings. The SMILES string of the molecule is Cc1ccccc1N1CCC2(CCCO2)CC1. The Morgan fingerprint density at radius 2 is 1.88 bits per heavy atom. The van der Waals surface area contributed by atoms with Gasteiger partial charge in [0, 0.05) is 25.4 Å². The van der Waals surface area contributed by atoms with Crippen molar-refractivity contribution in [2.45, 2.75) is 38.2 Å². The van der Waals surface area contributed by atoms with Gasteiger partial charge in [-0.05, 0) is 44.2 Å². The molecule has 1 spiro atoms. The molecule has 0 amide bonds. The fourth-order valence-corrected chi connectivity index (χ4v) is 3.22. The van der Waals surface area contributed by atoms with Gasteiger partial charge in [-0.1, -0.05) is 18.2 Å². The van der Waals surface area contributed by atoms with E-state index in [2.05, 4.69) is 36.1 Å². The normalized spacial score (nSPS) is 23.2. The second-order valence-corrected chi connectivity index (χ2v) is 5.41. The fraction of sp³-hybridized carbons (Fsp3) is 0.600. The molecule has 2 aliphatic rings. The molecule has 0 aliphatic carbocycles. The predicted molar refractivity (Wildman–Crippen MR) is 70.5 cm³/mol. The Balaban J connectivity index is 1.71. The number of hydrogen-bond acceptors (Lipinski definition) is 2. The molecule has 2 nitrogen and oxygen atoms in total. The fourth-order valence-electron chi connectivity index (χ4n) is 3.22. The van der Waals surface area contributed by atoms with Crippen LogP contribution in [0.25, 0.3) is 0 Å². The minimum Gasteiger partial charge on any atom is -0.375 e. The zero-order valence-electron chi connectivity index (χ0n) is 10.6. The number of para-hydroxylation sites is 1. The van der Waals surface area contributed by atoms with Gasteiger partial charge in [0.2, 0.25) is 0 Å². The van der Waals surface area contributed by atoms with E-state index < -0.39 is 0 Å². The maximum Gasteiger partial charge on any atom is 0.0717 e. The number of piperidine rings is 1. The topological polar surface area (TPSA) is 12.5 Å². The summed E-state index contributed by atoms with van der Waals surface area (Å²) in [7, 11) is 0. The van der Waals surface area contributed by atoms with Crippen LogP contribution in [-0.2, 0) is 4.74 Å². The molecule has 2 heteroatoms. The summed E-state index contributed by atoms with van der Waals surface area (Å²) in [6.45, 7) is 5.46. The van der Waals surface area contributed by atoms with E-state index in [-0.39, 0.29) is 5.60 Å². The Morgan fingerprint density at radius 1 is 1.12 bits per heavy atom. The summed E-state index contributed by atoms with van der Waals surface area (Å²) < 4.78 is 5.97. The van der Waals surface area contributed by atoms with Crippen molar-refractivity contribution >= 4 is 5.69 Å². The standard InChI is InChI=1S/C15H21NO/c1-13-5-2-3-6-14(13)16-10-8-15(9-11-16)7-4-12-17-15/h2-3,5-6H,4,7-12H2,1H3. The van der Waals surface area contributed by atoms with E-state index in [1.807, 2.05) is 0 Å². The third-order valence-corrected chi connectivity index (χ3v) is 4.32. The van der Waals surface area contributed by atoms with Gasteiger partial charge in [-0.15, -0.1) is 0 Å². The van der Waals surface area contributed by atoms with Crippen LogP contribution < -0.4 is 4.90 Å². The molecule has 0 saturated carbocycles. The first-order valence-electron chi connectivity index (χ1n) is 6.74. The van der Waals surface area contributed by atoms with Crippen molar-refractivity contribution in [3.05, 3.63) is 29.8 Å². The molecule has 92 valence electrons. The average Bonchev–Trinajstić information content (AvgIpc) is 2.80. The molecule has 0 N–H and O–H groups in total. The Kier molecular flexibility index (Phi) is 2.83. The van der Waals surface area contributed by atoms with Gasteiger partial charge >= 0.3 is 0 Å². The number of ether oxygens (including phenoxy) is 1. The lowest BCUT2D eigenvalue weighted by atomic mass is 9.88. The minimum atomic E-state index is 0.235. The number of rotatable bonds is 1.